The van der Waals surface area contributed by atoms with Crippen molar-refractivity contribution in [2.24, 2.45) is 0 Å². The van der Waals surface area contributed by atoms with E-state index in [1.54, 1.807) is 16.5 Å². The van der Waals surface area contributed by atoms with Gasteiger partial charge in [0.15, 0.2) is 5.75 Å². The molecule has 0 unspecified atom stereocenters. The van der Waals surface area contributed by atoms with E-state index in [1.165, 1.54) is 12.3 Å². The van der Waals surface area contributed by atoms with Crippen molar-refractivity contribution in [3.05, 3.63) is 28.2 Å². The van der Waals surface area contributed by atoms with Gasteiger partial charge in [0.1, 0.15) is 0 Å². The van der Waals surface area contributed by atoms with Crippen LogP contribution < -0.4 is 5.43 Å². The second-order valence-electron chi connectivity index (χ2n) is 4.31. The second-order valence-corrected chi connectivity index (χ2v) is 4.31. The molecule has 0 fully saturated rings. The quantitative estimate of drug-likeness (QED) is 0.614. The molecular weight excluding hydrogens is 252 g/mol. The molecule has 0 aromatic carbocycles. The predicted octanol–water partition coefficient (Wildman–Crippen LogP) is -0.547. The normalized spacial score (nSPS) is 10.9. The van der Waals surface area contributed by atoms with Crippen LogP contribution in [-0.2, 0) is 17.9 Å². The first-order valence-corrected chi connectivity index (χ1v) is 5.87. The second kappa shape index (κ2) is 6.91. The molecule has 7 nitrogen and oxygen atoms in total. The number of likely N-dealkylation sites (N-methyl/N-ethyl adjacent to an activating group) is 1. The molecule has 1 aromatic rings. The number of hydrogen-bond donors (Lipinski definition) is 3. The van der Waals surface area contributed by atoms with Gasteiger partial charge in [0.05, 0.1) is 19.2 Å². The molecule has 0 saturated heterocycles. The number of aliphatic hydroxyl groups excluding tert-OH is 1. The van der Waals surface area contributed by atoms with Gasteiger partial charge in [-0.2, -0.15) is 0 Å². The highest BCUT2D eigenvalue weighted by Crippen LogP contribution is 2.08. The Balaban J connectivity index is 2.95. The summed E-state index contributed by atoms with van der Waals surface area (Å²) in [4.78, 5) is 23.8. The zero-order valence-electron chi connectivity index (χ0n) is 10.7. The van der Waals surface area contributed by atoms with Gasteiger partial charge >= 0.3 is 5.97 Å². The lowest BCUT2D eigenvalue weighted by molar-refractivity contribution is -0.137. The Morgan fingerprint density at radius 3 is 2.74 bits per heavy atom. The first-order chi connectivity index (χ1) is 8.93. The minimum absolute atomic E-state index is 0.00601. The van der Waals surface area contributed by atoms with Crippen LogP contribution in [0, 0.1) is 0 Å². The van der Waals surface area contributed by atoms with Crippen LogP contribution in [0.15, 0.2) is 17.1 Å². The third-order valence-electron chi connectivity index (χ3n) is 2.68. The van der Waals surface area contributed by atoms with Crippen molar-refractivity contribution in [1.82, 2.24) is 9.47 Å². The van der Waals surface area contributed by atoms with Gasteiger partial charge in [-0.15, -0.1) is 0 Å². The van der Waals surface area contributed by atoms with E-state index in [0.29, 0.717) is 18.8 Å². The molecule has 0 aliphatic rings. The van der Waals surface area contributed by atoms with E-state index >= 15 is 0 Å². The van der Waals surface area contributed by atoms with Crippen LogP contribution in [0.1, 0.15) is 12.1 Å². The molecule has 19 heavy (non-hydrogen) atoms. The Morgan fingerprint density at radius 1 is 1.47 bits per heavy atom. The molecule has 0 spiro atoms. The average molecular weight is 270 g/mol. The largest absolute Gasteiger partial charge is 0.503 e. The molecule has 0 aliphatic carbocycles. The fourth-order valence-corrected chi connectivity index (χ4v) is 1.69. The number of pyridine rings is 1. The number of carboxylic acids is 1. The molecule has 7 heteroatoms. The summed E-state index contributed by atoms with van der Waals surface area (Å²) in [5.74, 6) is -1.35. The van der Waals surface area contributed by atoms with Crippen molar-refractivity contribution < 1.29 is 20.1 Å². The zero-order valence-corrected chi connectivity index (χ0v) is 10.7. The topological polar surface area (TPSA) is 103 Å². The van der Waals surface area contributed by atoms with E-state index in [9.17, 15) is 14.7 Å². The standard InChI is InChI=1S/C12H18N2O5/c1-13(4-5-15)7-9-6-10(16)11(17)8-14(9)3-2-12(18)19/h6,8,15,17H,2-5,7H2,1H3,(H,18,19). The maximum absolute atomic E-state index is 11.4. The molecule has 0 aliphatic heterocycles. The van der Waals surface area contributed by atoms with Gasteiger partial charge in [-0.05, 0) is 7.05 Å². The minimum Gasteiger partial charge on any atom is -0.503 e. The lowest BCUT2D eigenvalue weighted by atomic mass is 10.2. The molecule has 1 heterocycles. The van der Waals surface area contributed by atoms with E-state index in [4.69, 9.17) is 10.2 Å². The van der Waals surface area contributed by atoms with E-state index in [-0.39, 0.29) is 19.6 Å². The van der Waals surface area contributed by atoms with E-state index in [2.05, 4.69) is 0 Å². The van der Waals surface area contributed by atoms with Crippen LogP contribution in [0.2, 0.25) is 0 Å². The molecule has 0 saturated carbocycles. The molecule has 0 atom stereocenters. The molecule has 106 valence electrons. The monoisotopic (exact) mass is 270 g/mol. The number of aliphatic hydroxyl groups is 1. The van der Waals surface area contributed by atoms with Crippen LogP contribution in [0.5, 0.6) is 5.75 Å². The SMILES string of the molecule is CN(CCO)Cc1cc(=O)c(O)cn1CCC(=O)O. The Morgan fingerprint density at radius 2 is 2.16 bits per heavy atom. The third-order valence-corrected chi connectivity index (χ3v) is 2.68. The van der Waals surface area contributed by atoms with E-state index in [1.807, 2.05) is 0 Å². The lowest BCUT2D eigenvalue weighted by Gasteiger charge is -2.19. The van der Waals surface area contributed by atoms with Crippen molar-refractivity contribution in [3.63, 3.8) is 0 Å². The highest BCUT2D eigenvalue weighted by atomic mass is 16.4. The summed E-state index contributed by atoms with van der Waals surface area (Å²) in [6.07, 6.45) is 1.15. The van der Waals surface area contributed by atoms with Gasteiger partial charge in [-0.1, -0.05) is 0 Å². The number of aromatic nitrogens is 1. The highest BCUT2D eigenvalue weighted by Gasteiger charge is 2.09. The fourth-order valence-electron chi connectivity index (χ4n) is 1.69. The number of nitrogens with zero attached hydrogens (tertiary/aromatic N) is 2. The maximum atomic E-state index is 11.4. The molecule has 0 radical (unpaired) electrons. The zero-order chi connectivity index (χ0) is 14.4. The summed E-state index contributed by atoms with van der Waals surface area (Å²) < 4.78 is 1.54. The van der Waals surface area contributed by atoms with Crippen molar-refractivity contribution in [2.75, 3.05) is 20.2 Å². The van der Waals surface area contributed by atoms with Crippen LogP contribution >= 0.6 is 0 Å². The number of hydrogen-bond acceptors (Lipinski definition) is 5. The summed E-state index contributed by atoms with van der Waals surface area (Å²) >= 11 is 0. The van der Waals surface area contributed by atoms with Crippen LogP contribution in [0.4, 0.5) is 0 Å². The molecule has 0 bridgehead atoms. The summed E-state index contributed by atoms with van der Waals surface area (Å²) in [7, 11) is 1.77. The Kier molecular flexibility index (Phi) is 5.53. The molecule has 1 aromatic heterocycles. The number of aromatic hydroxyl groups is 1. The fraction of sp³-hybridized carbons (Fsp3) is 0.500. The predicted molar refractivity (Wildman–Crippen MR) is 68.0 cm³/mol. The van der Waals surface area contributed by atoms with E-state index < -0.39 is 17.1 Å². The number of carboxylic acid groups (broad SMARTS) is 1. The van der Waals surface area contributed by atoms with Crippen molar-refractivity contribution in [2.45, 2.75) is 19.5 Å². The summed E-state index contributed by atoms with van der Waals surface area (Å²) in [5.41, 5.74) is 0.0963. The highest BCUT2D eigenvalue weighted by molar-refractivity contribution is 5.66. The summed E-state index contributed by atoms with van der Waals surface area (Å²) in [6.45, 7) is 0.989. The lowest BCUT2D eigenvalue weighted by Crippen LogP contribution is -2.25. The van der Waals surface area contributed by atoms with Gasteiger partial charge in [0.2, 0.25) is 5.43 Å². The van der Waals surface area contributed by atoms with Crippen LogP contribution in [0.25, 0.3) is 0 Å². The minimum atomic E-state index is -0.951. The molecule has 1 rings (SSSR count). The number of aryl methyl sites for hydroxylation is 1. The maximum Gasteiger partial charge on any atom is 0.305 e. The Labute approximate surface area is 110 Å². The van der Waals surface area contributed by atoms with Gasteiger partial charge < -0.3 is 19.9 Å². The Hall–Kier alpha value is -1.86. The summed E-state index contributed by atoms with van der Waals surface area (Å²) in [5, 5.41) is 26.9. The Bertz CT molecular complexity index is 497. The summed E-state index contributed by atoms with van der Waals surface area (Å²) in [6, 6.07) is 1.28. The smallest absolute Gasteiger partial charge is 0.305 e. The number of carbonyl (C=O) groups is 1. The first-order valence-electron chi connectivity index (χ1n) is 5.87. The van der Waals surface area contributed by atoms with Gasteiger partial charge in [0.25, 0.3) is 0 Å². The molecule has 0 amide bonds. The molecular formula is C12H18N2O5. The van der Waals surface area contributed by atoms with Crippen LogP contribution in [0.3, 0.4) is 0 Å². The van der Waals surface area contributed by atoms with Gasteiger partial charge in [-0.3, -0.25) is 14.5 Å². The third kappa shape index (κ3) is 4.72. The van der Waals surface area contributed by atoms with Crippen molar-refractivity contribution in [3.8, 4) is 5.75 Å². The molecule has 3 N–H and O–H groups in total. The van der Waals surface area contributed by atoms with Crippen LogP contribution in [-0.4, -0.2) is 51.0 Å². The number of rotatable bonds is 7. The van der Waals surface area contributed by atoms with E-state index in [0.717, 1.165) is 0 Å². The van der Waals surface area contributed by atoms with Crippen molar-refractivity contribution in [1.29, 1.82) is 0 Å². The van der Waals surface area contributed by atoms with Gasteiger partial charge in [0, 0.05) is 31.4 Å². The number of aliphatic carboxylic acids is 1. The van der Waals surface area contributed by atoms with Crippen molar-refractivity contribution >= 4 is 5.97 Å². The average Bonchev–Trinajstić information content (AvgIpc) is 2.32. The first kappa shape index (κ1) is 15.2. The van der Waals surface area contributed by atoms with Gasteiger partial charge in [-0.25, -0.2) is 0 Å².